The molecule has 1 aliphatic heterocycles. The summed E-state index contributed by atoms with van der Waals surface area (Å²) in [4.78, 5) is 21.9. The molecule has 1 aromatic carbocycles. The standard InChI is InChI=1S/C26H27ClN4O4S/c1-34-21-9-8-16(13-19(21)27)10-11-26(18-6-2-3-7-18)14-20(32)22(24(33)35-26)36-25-29-23(30-31-25)17-5-4-12-28-15-17/h4-5,8-9,12-13,15,18,32H,2-3,6-7,10-11,14H2,1H3,(H,29,30,31). The molecule has 0 amide bonds. The molecule has 0 saturated heterocycles. The topological polar surface area (TPSA) is 110 Å². The van der Waals surface area contributed by atoms with Crippen molar-refractivity contribution in [3.05, 3.63) is 64.0 Å². The van der Waals surface area contributed by atoms with Crippen LogP contribution in [0.5, 0.6) is 5.75 Å². The third-order valence-electron chi connectivity index (χ3n) is 6.96. The summed E-state index contributed by atoms with van der Waals surface area (Å²) >= 11 is 7.33. The molecule has 3 aromatic rings. The van der Waals surface area contributed by atoms with Crippen LogP contribution in [0.2, 0.25) is 5.02 Å². The number of carbonyl (C=O) groups excluding carboxylic acids is 1. The van der Waals surface area contributed by atoms with Gasteiger partial charge in [0, 0.05) is 24.4 Å². The number of cyclic esters (lactones) is 1. The average Bonchev–Trinajstić information content (AvgIpc) is 3.59. The maximum absolute atomic E-state index is 13.2. The molecule has 2 aliphatic rings. The number of rotatable bonds is 8. The fourth-order valence-corrected chi connectivity index (χ4v) is 6.11. The van der Waals surface area contributed by atoms with Crippen molar-refractivity contribution in [1.82, 2.24) is 20.2 Å². The predicted octanol–water partition coefficient (Wildman–Crippen LogP) is 5.90. The maximum atomic E-state index is 13.2. The highest BCUT2D eigenvalue weighted by Gasteiger charge is 2.48. The van der Waals surface area contributed by atoms with E-state index in [9.17, 15) is 9.90 Å². The largest absolute Gasteiger partial charge is 0.511 e. The lowest BCUT2D eigenvalue weighted by Crippen LogP contribution is -2.45. The first-order chi connectivity index (χ1) is 17.5. The molecule has 1 atom stereocenters. The van der Waals surface area contributed by atoms with Crippen LogP contribution in [0, 0.1) is 5.92 Å². The van der Waals surface area contributed by atoms with Crippen LogP contribution in [0.4, 0.5) is 0 Å². The van der Waals surface area contributed by atoms with Gasteiger partial charge < -0.3 is 14.6 Å². The van der Waals surface area contributed by atoms with Crippen molar-refractivity contribution < 1.29 is 19.4 Å². The van der Waals surface area contributed by atoms with E-state index in [0.29, 0.717) is 34.6 Å². The highest BCUT2D eigenvalue weighted by Crippen LogP contribution is 2.47. The minimum absolute atomic E-state index is 0.0311. The number of H-pyrrole nitrogens is 1. The van der Waals surface area contributed by atoms with E-state index in [-0.39, 0.29) is 23.0 Å². The van der Waals surface area contributed by atoms with Gasteiger partial charge in [0.25, 0.3) is 0 Å². The summed E-state index contributed by atoms with van der Waals surface area (Å²) in [6.07, 6.45) is 9.03. The van der Waals surface area contributed by atoms with Gasteiger partial charge in [0.05, 0.1) is 12.1 Å². The Labute approximate surface area is 218 Å². The molecule has 3 heterocycles. The van der Waals surface area contributed by atoms with Gasteiger partial charge in [0.15, 0.2) is 5.82 Å². The molecule has 0 spiro atoms. The Morgan fingerprint density at radius 2 is 2.14 bits per heavy atom. The molecule has 0 radical (unpaired) electrons. The van der Waals surface area contributed by atoms with Gasteiger partial charge in [-0.3, -0.25) is 10.1 Å². The second kappa shape index (κ2) is 10.5. The molecule has 8 nitrogen and oxygen atoms in total. The Balaban J connectivity index is 1.36. The van der Waals surface area contributed by atoms with Crippen LogP contribution in [-0.2, 0) is 16.0 Å². The van der Waals surface area contributed by atoms with Gasteiger partial charge in [-0.25, -0.2) is 9.78 Å². The number of esters is 1. The Hall–Kier alpha value is -3.04. The molecule has 188 valence electrons. The minimum Gasteiger partial charge on any atom is -0.511 e. The molecule has 1 fully saturated rings. The summed E-state index contributed by atoms with van der Waals surface area (Å²) in [5.74, 6) is 0.855. The molecule has 0 bridgehead atoms. The van der Waals surface area contributed by atoms with Crippen LogP contribution in [0.3, 0.4) is 0 Å². The molecule has 36 heavy (non-hydrogen) atoms. The van der Waals surface area contributed by atoms with Crippen molar-refractivity contribution in [2.75, 3.05) is 7.11 Å². The molecule has 5 rings (SSSR count). The molecule has 2 N–H and O–H groups in total. The van der Waals surface area contributed by atoms with Gasteiger partial charge in [0.1, 0.15) is 22.0 Å². The van der Waals surface area contributed by atoms with Crippen molar-refractivity contribution >= 4 is 29.3 Å². The number of nitrogens with zero attached hydrogens (tertiary/aromatic N) is 3. The Morgan fingerprint density at radius 1 is 1.31 bits per heavy atom. The molecule has 1 saturated carbocycles. The van der Waals surface area contributed by atoms with Crippen molar-refractivity contribution in [2.45, 2.75) is 55.7 Å². The highest BCUT2D eigenvalue weighted by atomic mass is 35.5. The second-order valence-corrected chi connectivity index (χ2v) is 10.6. The van der Waals surface area contributed by atoms with Gasteiger partial charge in [-0.15, -0.1) is 5.10 Å². The van der Waals surface area contributed by atoms with Crippen LogP contribution in [0.1, 0.15) is 44.1 Å². The number of nitrogens with one attached hydrogen (secondary N) is 1. The van der Waals surface area contributed by atoms with Crippen molar-refractivity contribution in [2.24, 2.45) is 5.92 Å². The van der Waals surface area contributed by atoms with E-state index in [2.05, 4.69) is 20.2 Å². The first kappa shape index (κ1) is 24.6. The lowest BCUT2D eigenvalue weighted by molar-refractivity contribution is -0.166. The van der Waals surface area contributed by atoms with E-state index >= 15 is 0 Å². The Bertz CT molecular complexity index is 1280. The van der Waals surface area contributed by atoms with Gasteiger partial charge >= 0.3 is 5.97 Å². The SMILES string of the molecule is COc1ccc(CCC2(C3CCCC3)CC(O)=C(Sc3n[nH]c(-c4cccnc4)n3)C(=O)O2)cc1Cl. The molecule has 1 aliphatic carbocycles. The van der Waals surface area contributed by atoms with Gasteiger partial charge in [-0.1, -0.05) is 30.5 Å². The van der Waals surface area contributed by atoms with Crippen LogP contribution in [0.15, 0.2) is 58.5 Å². The lowest BCUT2D eigenvalue weighted by atomic mass is 9.77. The van der Waals surface area contributed by atoms with E-state index < -0.39 is 11.6 Å². The third-order valence-corrected chi connectivity index (χ3v) is 8.22. The third kappa shape index (κ3) is 5.08. The Kier molecular flexibility index (Phi) is 7.20. The first-order valence-electron chi connectivity index (χ1n) is 12.0. The number of hydrogen-bond acceptors (Lipinski definition) is 8. The first-order valence-corrected chi connectivity index (χ1v) is 13.2. The summed E-state index contributed by atoms with van der Waals surface area (Å²) in [7, 11) is 1.58. The summed E-state index contributed by atoms with van der Waals surface area (Å²) in [5, 5.41) is 19.0. The lowest BCUT2D eigenvalue weighted by Gasteiger charge is -2.41. The fourth-order valence-electron chi connectivity index (χ4n) is 5.11. The number of hydrogen-bond donors (Lipinski definition) is 2. The molecule has 1 unspecified atom stereocenters. The number of thioether (sulfide) groups is 1. The van der Waals surface area contributed by atoms with Crippen molar-refractivity contribution in [3.63, 3.8) is 0 Å². The summed E-state index contributed by atoms with van der Waals surface area (Å²) in [5.41, 5.74) is 1.05. The van der Waals surface area contributed by atoms with Crippen LogP contribution >= 0.6 is 23.4 Å². The van der Waals surface area contributed by atoms with Crippen LogP contribution in [-0.4, -0.2) is 44.0 Å². The number of benzene rings is 1. The number of halogens is 1. The van der Waals surface area contributed by atoms with Crippen molar-refractivity contribution in [1.29, 1.82) is 0 Å². The van der Waals surface area contributed by atoms with Gasteiger partial charge in [-0.2, -0.15) is 0 Å². The van der Waals surface area contributed by atoms with Gasteiger partial charge in [0.2, 0.25) is 5.16 Å². The molecule has 2 aromatic heterocycles. The number of methoxy groups -OCH3 is 1. The minimum atomic E-state index is -0.756. The molecular formula is C26H27ClN4O4S. The van der Waals surface area contributed by atoms with Crippen molar-refractivity contribution in [3.8, 4) is 17.1 Å². The Morgan fingerprint density at radius 3 is 2.83 bits per heavy atom. The number of aryl methyl sites for hydroxylation is 1. The maximum Gasteiger partial charge on any atom is 0.349 e. The number of ether oxygens (including phenoxy) is 2. The number of aromatic nitrogens is 4. The quantitative estimate of drug-likeness (QED) is 0.349. The molecule has 10 heteroatoms. The average molecular weight is 527 g/mol. The fraction of sp³-hybridized carbons (Fsp3) is 0.385. The van der Waals surface area contributed by atoms with E-state index in [0.717, 1.165) is 48.6 Å². The number of aliphatic hydroxyl groups excluding tert-OH is 1. The highest BCUT2D eigenvalue weighted by molar-refractivity contribution is 8.03. The van der Waals surface area contributed by atoms with E-state index in [4.69, 9.17) is 21.1 Å². The zero-order chi connectivity index (χ0) is 25.1. The molecular weight excluding hydrogens is 500 g/mol. The van der Waals surface area contributed by atoms with E-state index in [1.807, 2.05) is 24.3 Å². The number of pyridine rings is 1. The number of aliphatic hydroxyl groups is 1. The van der Waals surface area contributed by atoms with E-state index in [1.165, 1.54) is 0 Å². The van der Waals surface area contributed by atoms with Crippen LogP contribution < -0.4 is 4.74 Å². The van der Waals surface area contributed by atoms with Gasteiger partial charge in [-0.05, 0) is 73.2 Å². The smallest absolute Gasteiger partial charge is 0.349 e. The zero-order valence-electron chi connectivity index (χ0n) is 19.9. The number of aromatic amines is 1. The zero-order valence-corrected chi connectivity index (χ0v) is 21.4. The predicted molar refractivity (Wildman–Crippen MR) is 137 cm³/mol. The van der Waals surface area contributed by atoms with E-state index in [1.54, 1.807) is 25.6 Å². The second-order valence-electron chi connectivity index (χ2n) is 9.17. The summed E-state index contributed by atoms with van der Waals surface area (Å²) in [6.45, 7) is 0. The van der Waals surface area contributed by atoms with Crippen LogP contribution in [0.25, 0.3) is 11.4 Å². The normalized spacial score (nSPS) is 20.6. The monoisotopic (exact) mass is 526 g/mol. The number of carbonyl (C=O) groups is 1. The summed E-state index contributed by atoms with van der Waals surface area (Å²) in [6, 6.07) is 9.36. The summed E-state index contributed by atoms with van der Waals surface area (Å²) < 4.78 is 11.4.